The van der Waals surface area contributed by atoms with E-state index in [1.54, 1.807) is 0 Å². The maximum atomic E-state index is 9.10. The average Bonchev–Trinajstić information content (AvgIpc) is 2.64. The Bertz CT molecular complexity index is 587. The van der Waals surface area contributed by atoms with Gasteiger partial charge in [-0.2, -0.15) is 0 Å². The van der Waals surface area contributed by atoms with Crippen LogP contribution in [-0.4, -0.2) is 71.7 Å². The number of nitrogens with zero attached hydrogens (tertiary/aromatic N) is 2. The molecule has 0 saturated carbocycles. The predicted octanol–water partition coefficient (Wildman–Crippen LogP) is 3.65. The number of likely N-dealkylation sites (N-methyl/N-ethyl adjacent to an activating group) is 1. The molecule has 1 aliphatic rings. The molecule has 1 unspecified atom stereocenters. The Hall–Kier alpha value is -1.63. The van der Waals surface area contributed by atoms with Gasteiger partial charge in [0.15, 0.2) is 0 Å². The Morgan fingerprint density at radius 2 is 1.50 bits per heavy atom. The van der Waals surface area contributed by atoms with Gasteiger partial charge in [0.1, 0.15) is 0 Å². The first kappa shape index (κ1) is 24.4. The van der Waals surface area contributed by atoms with Crippen LogP contribution in [0.15, 0.2) is 24.3 Å². The second-order valence-electron chi connectivity index (χ2n) is 7.76. The molecule has 2 N–H and O–H groups in total. The third kappa shape index (κ3) is 10.1. The molecule has 1 aromatic carbocycles. The monoisotopic (exact) mass is 412 g/mol. The molecular weight excluding hydrogens is 380 g/mol. The molecule has 1 saturated heterocycles. The van der Waals surface area contributed by atoms with Crippen LogP contribution in [0.5, 0.6) is 0 Å². The molecule has 0 amide bonds. The molecule has 1 fully saturated rings. The molecule has 1 aromatic rings. The van der Waals surface area contributed by atoms with Gasteiger partial charge in [-0.1, -0.05) is 44.0 Å². The minimum Gasteiger partial charge on any atom is -0.473 e. The fraction of sp³-hybridized carbons (Fsp3) is 0.619. The summed E-state index contributed by atoms with van der Waals surface area (Å²) in [5.41, 5.74) is 1.46. The first-order valence-corrected chi connectivity index (χ1v) is 10.2. The van der Waals surface area contributed by atoms with Crippen molar-refractivity contribution in [2.45, 2.75) is 39.0 Å². The van der Waals surface area contributed by atoms with Crippen molar-refractivity contribution in [1.29, 1.82) is 0 Å². The van der Waals surface area contributed by atoms with Crippen molar-refractivity contribution in [3.63, 3.8) is 0 Å². The molecule has 1 atom stereocenters. The third-order valence-corrected chi connectivity index (χ3v) is 5.26. The second kappa shape index (κ2) is 12.8. The van der Waals surface area contributed by atoms with E-state index in [0.717, 1.165) is 10.9 Å². The van der Waals surface area contributed by atoms with E-state index in [0.29, 0.717) is 5.92 Å². The first-order chi connectivity index (χ1) is 13.2. The minimum atomic E-state index is -1.82. The van der Waals surface area contributed by atoms with Crippen LogP contribution in [0.2, 0.25) is 5.02 Å². The highest BCUT2D eigenvalue weighted by atomic mass is 35.5. The highest BCUT2D eigenvalue weighted by Crippen LogP contribution is 2.28. The van der Waals surface area contributed by atoms with E-state index in [1.165, 1.54) is 57.5 Å². The van der Waals surface area contributed by atoms with Crippen molar-refractivity contribution in [1.82, 2.24) is 9.80 Å². The number of carboxylic acid groups (broad SMARTS) is 2. The zero-order valence-electron chi connectivity index (χ0n) is 17.1. The van der Waals surface area contributed by atoms with E-state index in [4.69, 9.17) is 31.4 Å². The standard InChI is InChI=1S/C19H31ClN2.C2H2O4/c1-16(2)4-5-18(17-6-8-19(20)9-7-17)10-11-22-14-12-21(3)13-15-22;3-1(4)2(5)6/h6-9,16,18H,4-5,10-15H2,1-3H3;(H,3,4)(H,5,6). The molecule has 158 valence electrons. The second-order valence-corrected chi connectivity index (χ2v) is 8.20. The van der Waals surface area contributed by atoms with Crippen molar-refractivity contribution in [3.05, 3.63) is 34.9 Å². The molecule has 0 aromatic heterocycles. The first-order valence-electron chi connectivity index (χ1n) is 9.81. The number of aliphatic carboxylic acids is 2. The zero-order chi connectivity index (χ0) is 21.1. The van der Waals surface area contributed by atoms with Crippen molar-refractivity contribution in [3.8, 4) is 0 Å². The van der Waals surface area contributed by atoms with Gasteiger partial charge in [0.05, 0.1) is 0 Å². The van der Waals surface area contributed by atoms with Crippen molar-refractivity contribution in [2.24, 2.45) is 5.92 Å². The van der Waals surface area contributed by atoms with E-state index >= 15 is 0 Å². The lowest BCUT2D eigenvalue weighted by Crippen LogP contribution is -2.44. The van der Waals surface area contributed by atoms with Crippen molar-refractivity contribution >= 4 is 23.5 Å². The van der Waals surface area contributed by atoms with Gasteiger partial charge in [-0.15, -0.1) is 0 Å². The number of benzene rings is 1. The normalized spacial score (nSPS) is 16.3. The molecule has 28 heavy (non-hydrogen) atoms. The highest BCUT2D eigenvalue weighted by molar-refractivity contribution is 6.30. The Labute approximate surface area is 173 Å². The Balaban J connectivity index is 0.000000568. The van der Waals surface area contributed by atoms with Gasteiger partial charge in [0.25, 0.3) is 0 Å². The summed E-state index contributed by atoms with van der Waals surface area (Å²) in [6.45, 7) is 10.7. The summed E-state index contributed by atoms with van der Waals surface area (Å²) < 4.78 is 0. The maximum absolute atomic E-state index is 9.10. The van der Waals surface area contributed by atoms with Gasteiger partial charge in [-0.3, -0.25) is 0 Å². The number of hydrogen-bond acceptors (Lipinski definition) is 4. The van der Waals surface area contributed by atoms with E-state index in [1.807, 2.05) is 12.1 Å². The third-order valence-electron chi connectivity index (χ3n) is 5.01. The minimum absolute atomic E-state index is 0.666. The summed E-state index contributed by atoms with van der Waals surface area (Å²) in [6, 6.07) is 8.51. The van der Waals surface area contributed by atoms with Crippen LogP contribution in [0.25, 0.3) is 0 Å². The lowest BCUT2D eigenvalue weighted by atomic mass is 9.88. The summed E-state index contributed by atoms with van der Waals surface area (Å²) in [5.74, 6) is -2.21. The number of carbonyl (C=O) groups is 2. The van der Waals surface area contributed by atoms with Crippen molar-refractivity contribution in [2.75, 3.05) is 39.8 Å². The molecule has 0 spiro atoms. The lowest BCUT2D eigenvalue weighted by Gasteiger charge is -2.33. The fourth-order valence-electron chi connectivity index (χ4n) is 3.16. The molecule has 0 aliphatic carbocycles. The highest BCUT2D eigenvalue weighted by Gasteiger charge is 2.17. The lowest BCUT2D eigenvalue weighted by molar-refractivity contribution is -0.159. The molecule has 2 rings (SSSR count). The van der Waals surface area contributed by atoms with E-state index in [2.05, 4.69) is 42.8 Å². The van der Waals surface area contributed by atoms with Crippen LogP contribution in [0.4, 0.5) is 0 Å². The van der Waals surface area contributed by atoms with E-state index in [9.17, 15) is 0 Å². The average molecular weight is 413 g/mol. The summed E-state index contributed by atoms with van der Waals surface area (Å²) in [5, 5.41) is 15.6. The summed E-state index contributed by atoms with van der Waals surface area (Å²) >= 11 is 6.04. The van der Waals surface area contributed by atoms with Crippen LogP contribution in [0.3, 0.4) is 0 Å². The van der Waals surface area contributed by atoms with E-state index < -0.39 is 11.9 Å². The van der Waals surface area contributed by atoms with Crippen LogP contribution in [0, 0.1) is 5.92 Å². The molecule has 0 bridgehead atoms. The van der Waals surface area contributed by atoms with Crippen LogP contribution < -0.4 is 0 Å². The Kier molecular flexibility index (Phi) is 11.1. The number of piperazine rings is 1. The molecule has 6 nitrogen and oxygen atoms in total. The zero-order valence-corrected chi connectivity index (χ0v) is 17.9. The SMILES string of the molecule is CC(C)CCC(CCN1CCN(C)CC1)c1ccc(Cl)cc1.O=C(O)C(=O)O. The Morgan fingerprint density at radius 3 is 1.96 bits per heavy atom. The van der Waals surface area contributed by atoms with Gasteiger partial charge >= 0.3 is 11.9 Å². The van der Waals surface area contributed by atoms with Crippen LogP contribution in [-0.2, 0) is 9.59 Å². The Morgan fingerprint density at radius 1 is 0.964 bits per heavy atom. The van der Waals surface area contributed by atoms with Crippen LogP contribution in [0.1, 0.15) is 44.6 Å². The van der Waals surface area contributed by atoms with Gasteiger partial charge in [-0.25, -0.2) is 9.59 Å². The van der Waals surface area contributed by atoms with Gasteiger partial charge in [0.2, 0.25) is 0 Å². The van der Waals surface area contributed by atoms with Gasteiger partial charge in [0, 0.05) is 31.2 Å². The smallest absolute Gasteiger partial charge is 0.414 e. The van der Waals surface area contributed by atoms with Crippen molar-refractivity contribution < 1.29 is 19.8 Å². The predicted molar refractivity (Wildman–Crippen MR) is 112 cm³/mol. The summed E-state index contributed by atoms with van der Waals surface area (Å²) in [7, 11) is 2.22. The number of carboxylic acids is 2. The number of halogens is 1. The van der Waals surface area contributed by atoms with Crippen LogP contribution >= 0.6 is 11.6 Å². The maximum Gasteiger partial charge on any atom is 0.414 e. The molecular formula is C21H33ClN2O4. The fourth-order valence-corrected chi connectivity index (χ4v) is 3.28. The molecule has 1 heterocycles. The molecule has 1 aliphatic heterocycles. The number of hydrogen-bond donors (Lipinski definition) is 2. The molecule has 7 heteroatoms. The molecule has 0 radical (unpaired) electrons. The quantitative estimate of drug-likeness (QED) is 0.665. The topological polar surface area (TPSA) is 81.1 Å². The summed E-state index contributed by atoms with van der Waals surface area (Å²) in [6.07, 6.45) is 3.85. The largest absolute Gasteiger partial charge is 0.473 e. The van der Waals surface area contributed by atoms with E-state index in [-0.39, 0.29) is 0 Å². The van der Waals surface area contributed by atoms with Gasteiger partial charge < -0.3 is 20.0 Å². The summed E-state index contributed by atoms with van der Waals surface area (Å²) in [4.78, 5) is 23.2. The van der Waals surface area contributed by atoms with Gasteiger partial charge in [-0.05, 0) is 56.0 Å². The number of rotatable bonds is 7.